The number of ether oxygens (including phenoxy) is 2. The van der Waals surface area contributed by atoms with Crippen molar-refractivity contribution >= 4 is 5.78 Å². The van der Waals surface area contributed by atoms with Crippen LogP contribution in [0.1, 0.15) is 17.3 Å². The highest BCUT2D eigenvalue weighted by atomic mass is 16.5. The molecule has 3 nitrogen and oxygen atoms in total. The lowest BCUT2D eigenvalue weighted by Crippen LogP contribution is -2.01. The first-order valence-electron chi connectivity index (χ1n) is 4.44. The second-order valence-corrected chi connectivity index (χ2v) is 2.91. The van der Waals surface area contributed by atoms with Crippen LogP contribution in [0.3, 0.4) is 0 Å². The zero-order chi connectivity index (χ0) is 11.3. The van der Waals surface area contributed by atoms with E-state index in [1.165, 1.54) is 6.92 Å². The minimum atomic E-state index is -0.0651. The molecule has 0 aliphatic carbocycles. The SMILES string of the molecule is C#CCOc1cc(OC)ccc1C(C)=O. The Labute approximate surface area is 89.0 Å². The van der Waals surface area contributed by atoms with Crippen LogP contribution in [0.15, 0.2) is 18.2 Å². The van der Waals surface area contributed by atoms with Crippen LogP contribution in [0.2, 0.25) is 0 Å². The van der Waals surface area contributed by atoms with Crippen molar-refractivity contribution < 1.29 is 14.3 Å². The summed E-state index contributed by atoms with van der Waals surface area (Å²) in [6, 6.07) is 5.01. The van der Waals surface area contributed by atoms with Gasteiger partial charge < -0.3 is 9.47 Å². The van der Waals surface area contributed by atoms with Gasteiger partial charge in [-0.1, -0.05) is 5.92 Å². The molecular formula is C12H12O3. The van der Waals surface area contributed by atoms with Crippen molar-refractivity contribution in [1.29, 1.82) is 0 Å². The van der Waals surface area contributed by atoms with Crippen LogP contribution in [0.25, 0.3) is 0 Å². The summed E-state index contributed by atoms with van der Waals surface area (Å²) in [6.07, 6.45) is 5.08. The molecule has 0 amide bonds. The van der Waals surface area contributed by atoms with E-state index in [9.17, 15) is 4.79 Å². The first kappa shape index (κ1) is 11.1. The van der Waals surface area contributed by atoms with Crippen LogP contribution >= 0.6 is 0 Å². The summed E-state index contributed by atoms with van der Waals surface area (Å²) in [5.41, 5.74) is 0.506. The van der Waals surface area contributed by atoms with E-state index in [1.54, 1.807) is 25.3 Å². The molecule has 0 fully saturated rings. The first-order valence-corrected chi connectivity index (χ1v) is 4.44. The van der Waals surface area contributed by atoms with Gasteiger partial charge in [-0.05, 0) is 19.1 Å². The van der Waals surface area contributed by atoms with E-state index in [2.05, 4.69) is 5.92 Å². The van der Waals surface area contributed by atoms with Gasteiger partial charge in [-0.3, -0.25) is 4.79 Å². The summed E-state index contributed by atoms with van der Waals surface area (Å²) in [4.78, 5) is 11.3. The smallest absolute Gasteiger partial charge is 0.163 e. The molecule has 0 bridgehead atoms. The van der Waals surface area contributed by atoms with Gasteiger partial charge >= 0.3 is 0 Å². The number of methoxy groups -OCH3 is 1. The number of carbonyl (C=O) groups is 1. The fraction of sp³-hybridized carbons (Fsp3) is 0.250. The Morgan fingerprint density at radius 1 is 1.53 bits per heavy atom. The highest BCUT2D eigenvalue weighted by Crippen LogP contribution is 2.25. The van der Waals surface area contributed by atoms with E-state index in [4.69, 9.17) is 15.9 Å². The van der Waals surface area contributed by atoms with E-state index >= 15 is 0 Å². The zero-order valence-electron chi connectivity index (χ0n) is 8.74. The largest absolute Gasteiger partial charge is 0.497 e. The molecule has 1 aromatic rings. The third-order valence-electron chi connectivity index (χ3n) is 1.88. The maximum absolute atomic E-state index is 11.3. The third-order valence-corrected chi connectivity index (χ3v) is 1.88. The molecule has 0 aromatic heterocycles. The Morgan fingerprint density at radius 2 is 2.27 bits per heavy atom. The summed E-state index contributed by atoms with van der Waals surface area (Å²) in [6.45, 7) is 1.61. The van der Waals surface area contributed by atoms with Crippen molar-refractivity contribution in [2.24, 2.45) is 0 Å². The number of benzene rings is 1. The topological polar surface area (TPSA) is 35.5 Å². The predicted molar refractivity (Wildman–Crippen MR) is 57.3 cm³/mol. The number of hydrogen-bond donors (Lipinski definition) is 0. The average molecular weight is 204 g/mol. The van der Waals surface area contributed by atoms with Crippen molar-refractivity contribution in [1.82, 2.24) is 0 Å². The Kier molecular flexibility index (Phi) is 3.75. The summed E-state index contributed by atoms with van der Waals surface area (Å²) in [7, 11) is 1.55. The number of carbonyl (C=O) groups excluding carboxylic acids is 1. The van der Waals surface area contributed by atoms with Crippen molar-refractivity contribution in [3.05, 3.63) is 23.8 Å². The van der Waals surface area contributed by atoms with Crippen LogP contribution < -0.4 is 9.47 Å². The minimum absolute atomic E-state index is 0.0651. The van der Waals surface area contributed by atoms with Crippen molar-refractivity contribution in [2.45, 2.75) is 6.92 Å². The average Bonchev–Trinajstić information content (AvgIpc) is 2.25. The summed E-state index contributed by atoms with van der Waals surface area (Å²) < 4.78 is 10.3. The van der Waals surface area contributed by atoms with Gasteiger partial charge in [-0.2, -0.15) is 0 Å². The fourth-order valence-corrected chi connectivity index (χ4v) is 1.16. The Bertz CT molecular complexity index is 402. The molecule has 0 aliphatic heterocycles. The predicted octanol–water partition coefficient (Wildman–Crippen LogP) is 1.91. The molecule has 0 saturated carbocycles. The minimum Gasteiger partial charge on any atom is -0.497 e. The third kappa shape index (κ3) is 2.75. The molecule has 0 radical (unpaired) electrons. The summed E-state index contributed by atoms with van der Waals surface area (Å²) in [5, 5.41) is 0. The molecule has 15 heavy (non-hydrogen) atoms. The van der Waals surface area contributed by atoms with E-state index in [-0.39, 0.29) is 12.4 Å². The number of Topliss-reactive ketones (excluding diaryl/α,β-unsaturated/α-hetero) is 1. The van der Waals surface area contributed by atoms with Crippen molar-refractivity contribution in [3.8, 4) is 23.8 Å². The molecule has 0 atom stereocenters. The van der Waals surface area contributed by atoms with Crippen LogP contribution in [-0.4, -0.2) is 19.5 Å². The molecule has 1 aromatic carbocycles. The quantitative estimate of drug-likeness (QED) is 0.555. The van der Waals surface area contributed by atoms with Gasteiger partial charge in [-0.25, -0.2) is 0 Å². The maximum Gasteiger partial charge on any atom is 0.163 e. The second kappa shape index (κ2) is 5.06. The molecule has 3 heteroatoms. The number of rotatable bonds is 4. The standard InChI is InChI=1S/C12H12O3/c1-4-7-15-12-8-10(14-3)5-6-11(12)9(2)13/h1,5-6,8H,7H2,2-3H3. The lowest BCUT2D eigenvalue weighted by Gasteiger charge is -2.09. The van der Waals surface area contributed by atoms with Gasteiger partial charge in [0.1, 0.15) is 18.1 Å². The van der Waals surface area contributed by atoms with Crippen LogP contribution in [-0.2, 0) is 0 Å². The number of terminal acetylenes is 1. The zero-order valence-corrected chi connectivity index (χ0v) is 8.74. The molecule has 0 aliphatic rings. The number of hydrogen-bond acceptors (Lipinski definition) is 3. The van der Waals surface area contributed by atoms with Gasteiger partial charge in [0.15, 0.2) is 5.78 Å². The molecule has 0 saturated heterocycles. The molecule has 0 unspecified atom stereocenters. The molecule has 78 valence electrons. The highest BCUT2D eigenvalue weighted by molar-refractivity contribution is 5.97. The van der Waals surface area contributed by atoms with Gasteiger partial charge in [0.05, 0.1) is 12.7 Å². The van der Waals surface area contributed by atoms with Crippen molar-refractivity contribution in [3.63, 3.8) is 0 Å². The lowest BCUT2D eigenvalue weighted by molar-refractivity contribution is 0.101. The van der Waals surface area contributed by atoms with Gasteiger partial charge in [-0.15, -0.1) is 6.42 Å². The Hall–Kier alpha value is -1.95. The summed E-state index contributed by atoms with van der Waals surface area (Å²) >= 11 is 0. The summed E-state index contributed by atoms with van der Waals surface area (Å²) in [5.74, 6) is 3.37. The van der Waals surface area contributed by atoms with Gasteiger partial charge in [0.25, 0.3) is 0 Å². The lowest BCUT2D eigenvalue weighted by atomic mass is 10.1. The normalized spacial score (nSPS) is 9.13. The maximum atomic E-state index is 11.3. The van der Waals surface area contributed by atoms with Gasteiger partial charge in [0.2, 0.25) is 0 Å². The van der Waals surface area contributed by atoms with Gasteiger partial charge in [0, 0.05) is 6.07 Å². The highest BCUT2D eigenvalue weighted by Gasteiger charge is 2.09. The molecule has 0 spiro atoms. The van der Waals surface area contributed by atoms with E-state index in [1.807, 2.05) is 0 Å². The van der Waals surface area contributed by atoms with Crippen molar-refractivity contribution in [2.75, 3.05) is 13.7 Å². The fourth-order valence-electron chi connectivity index (χ4n) is 1.16. The Balaban J connectivity index is 3.06. The van der Waals surface area contributed by atoms with Crippen LogP contribution in [0.4, 0.5) is 0 Å². The Morgan fingerprint density at radius 3 is 2.80 bits per heavy atom. The second-order valence-electron chi connectivity index (χ2n) is 2.91. The molecular weight excluding hydrogens is 192 g/mol. The number of ketones is 1. The molecule has 0 N–H and O–H groups in total. The van der Waals surface area contributed by atoms with Crippen LogP contribution in [0, 0.1) is 12.3 Å². The van der Waals surface area contributed by atoms with E-state index < -0.39 is 0 Å². The van der Waals surface area contributed by atoms with Crippen LogP contribution in [0.5, 0.6) is 11.5 Å². The monoisotopic (exact) mass is 204 g/mol. The van der Waals surface area contributed by atoms with E-state index in [0.717, 1.165) is 0 Å². The molecule has 0 heterocycles. The first-order chi connectivity index (χ1) is 7.19. The molecule has 1 rings (SSSR count). The van der Waals surface area contributed by atoms with E-state index in [0.29, 0.717) is 17.1 Å².